The molecule has 0 atom stereocenters. The number of hydrogen-bond acceptors (Lipinski definition) is 4. The van der Waals surface area contributed by atoms with Crippen LogP contribution < -0.4 is 10.5 Å². The fraction of sp³-hybridized carbons (Fsp3) is 0.500. The van der Waals surface area contributed by atoms with Gasteiger partial charge in [0, 0.05) is 19.7 Å². The molecule has 0 unspecified atom stereocenters. The molecule has 27 heavy (non-hydrogen) atoms. The average molecular weight is 408 g/mol. The second kappa shape index (κ2) is 7.12. The minimum Gasteiger partial charge on any atom is -0.381 e. The van der Waals surface area contributed by atoms with Crippen LogP contribution in [0.1, 0.15) is 30.7 Å². The summed E-state index contributed by atoms with van der Waals surface area (Å²) < 4.78 is 7.16. The van der Waals surface area contributed by atoms with Gasteiger partial charge in [0.15, 0.2) is 0 Å². The van der Waals surface area contributed by atoms with Crippen LogP contribution in [0, 0.1) is 19.3 Å². The van der Waals surface area contributed by atoms with Crippen molar-refractivity contribution in [1.82, 2.24) is 9.55 Å². The second-order valence-electron chi connectivity index (χ2n) is 7.61. The van der Waals surface area contributed by atoms with Gasteiger partial charge < -0.3 is 9.64 Å². The molecule has 0 radical (unpaired) electrons. The number of benzene rings is 1. The molecule has 0 N–H and O–H groups in total. The lowest BCUT2D eigenvalue weighted by atomic mass is 9.78. The second-order valence-corrected chi connectivity index (χ2v) is 8.40. The molecule has 3 heterocycles. The van der Waals surface area contributed by atoms with Gasteiger partial charge >= 0.3 is 0 Å². The summed E-state index contributed by atoms with van der Waals surface area (Å²) in [5.74, 6) is 1.38. The molecule has 7 heteroatoms. The van der Waals surface area contributed by atoms with Gasteiger partial charge in [-0.25, -0.2) is 4.98 Å². The summed E-state index contributed by atoms with van der Waals surface area (Å²) >= 11 is 12.5. The van der Waals surface area contributed by atoms with E-state index >= 15 is 0 Å². The molecular formula is C20H23Cl2N3O2. The van der Waals surface area contributed by atoms with Crippen LogP contribution in [0.4, 0.5) is 5.82 Å². The predicted octanol–water partition coefficient (Wildman–Crippen LogP) is 4.16. The minimum atomic E-state index is -0.105. The quantitative estimate of drug-likeness (QED) is 0.749. The lowest BCUT2D eigenvalue weighted by Gasteiger charge is -2.39. The van der Waals surface area contributed by atoms with E-state index in [9.17, 15) is 4.79 Å². The van der Waals surface area contributed by atoms with Gasteiger partial charge in [0.1, 0.15) is 11.6 Å². The maximum atomic E-state index is 13.1. The smallest absolute Gasteiger partial charge is 0.263 e. The van der Waals surface area contributed by atoms with E-state index in [1.54, 1.807) is 22.8 Å². The van der Waals surface area contributed by atoms with E-state index in [-0.39, 0.29) is 5.56 Å². The standard InChI is InChI=1S/C20H23Cl2N3O2/c1-13-18(24-9-6-20(7-10-24)8-11-27-12-20)23-14(2)25(19(13)26)16-5-3-4-15(21)17(16)22/h3-5H,6-12H2,1-2H3. The van der Waals surface area contributed by atoms with Crippen LogP contribution in [0.25, 0.3) is 5.69 Å². The van der Waals surface area contributed by atoms with Crippen molar-refractivity contribution < 1.29 is 4.74 Å². The molecule has 0 aliphatic carbocycles. The Kier molecular flexibility index (Phi) is 4.95. The molecule has 0 amide bonds. The van der Waals surface area contributed by atoms with Crippen molar-refractivity contribution >= 4 is 29.0 Å². The van der Waals surface area contributed by atoms with Crippen LogP contribution in [0.5, 0.6) is 0 Å². The van der Waals surface area contributed by atoms with Crippen molar-refractivity contribution in [3.8, 4) is 5.69 Å². The lowest BCUT2D eigenvalue weighted by Crippen LogP contribution is -2.42. The van der Waals surface area contributed by atoms with Crippen molar-refractivity contribution in [2.24, 2.45) is 5.41 Å². The van der Waals surface area contributed by atoms with Crippen LogP contribution in [0.2, 0.25) is 10.0 Å². The minimum absolute atomic E-state index is 0.105. The molecule has 0 saturated carbocycles. The zero-order valence-corrected chi connectivity index (χ0v) is 17.1. The Bertz CT molecular complexity index is 926. The van der Waals surface area contributed by atoms with Gasteiger partial charge in [-0.15, -0.1) is 0 Å². The van der Waals surface area contributed by atoms with Gasteiger partial charge in [0.2, 0.25) is 0 Å². The van der Waals surface area contributed by atoms with Crippen LogP contribution in [0.3, 0.4) is 0 Å². The maximum Gasteiger partial charge on any atom is 0.263 e. The first-order chi connectivity index (χ1) is 12.9. The number of ether oxygens (including phenoxy) is 1. The zero-order chi connectivity index (χ0) is 19.2. The third kappa shape index (κ3) is 3.26. The van der Waals surface area contributed by atoms with Crippen LogP contribution in [-0.2, 0) is 4.74 Å². The third-order valence-electron chi connectivity index (χ3n) is 5.93. The van der Waals surface area contributed by atoms with Crippen molar-refractivity contribution in [3.63, 3.8) is 0 Å². The summed E-state index contributed by atoms with van der Waals surface area (Å²) in [4.78, 5) is 20.1. The fourth-order valence-corrected chi connectivity index (χ4v) is 4.57. The number of nitrogens with zero attached hydrogens (tertiary/aromatic N) is 3. The van der Waals surface area contributed by atoms with Crippen molar-refractivity contribution in [2.45, 2.75) is 33.1 Å². The highest BCUT2D eigenvalue weighted by Gasteiger charge is 2.38. The van der Waals surface area contributed by atoms with E-state index in [1.807, 2.05) is 13.8 Å². The molecule has 2 aliphatic rings. The van der Waals surface area contributed by atoms with E-state index < -0.39 is 0 Å². The number of aromatic nitrogens is 2. The highest BCUT2D eigenvalue weighted by molar-refractivity contribution is 6.43. The largest absolute Gasteiger partial charge is 0.381 e. The summed E-state index contributed by atoms with van der Waals surface area (Å²) in [6.07, 6.45) is 3.30. The average Bonchev–Trinajstić information content (AvgIpc) is 3.11. The number of halogens is 2. The summed E-state index contributed by atoms with van der Waals surface area (Å²) in [6.45, 7) is 7.20. The maximum absolute atomic E-state index is 13.1. The van der Waals surface area contributed by atoms with E-state index in [1.165, 1.54) is 0 Å². The zero-order valence-electron chi connectivity index (χ0n) is 15.6. The Labute approximate surface area is 168 Å². The molecule has 144 valence electrons. The van der Waals surface area contributed by atoms with Crippen molar-refractivity contribution in [3.05, 3.63) is 50.0 Å². The molecular weight excluding hydrogens is 385 g/mol. The first-order valence-corrected chi connectivity index (χ1v) is 10.0. The molecule has 2 aliphatic heterocycles. The number of hydrogen-bond donors (Lipinski definition) is 0. The number of rotatable bonds is 2. The van der Waals surface area contributed by atoms with Gasteiger partial charge in [0.25, 0.3) is 5.56 Å². The highest BCUT2D eigenvalue weighted by Crippen LogP contribution is 2.40. The normalized spacial score (nSPS) is 19.0. The Morgan fingerprint density at radius 1 is 1.15 bits per heavy atom. The molecule has 1 spiro atoms. The monoisotopic (exact) mass is 407 g/mol. The predicted molar refractivity (Wildman–Crippen MR) is 109 cm³/mol. The molecule has 2 fully saturated rings. The third-order valence-corrected chi connectivity index (χ3v) is 6.74. The Hall–Kier alpha value is -1.56. The molecule has 1 aromatic heterocycles. The highest BCUT2D eigenvalue weighted by atomic mass is 35.5. The van der Waals surface area contributed by atoms with Crippen molar-refractivity contribution in [2.75, 3.05) is 31.2 Å². The van der Waals surface area contributed by atoms with E-state index in [4.69, 9.17) is 32.9 Å². The Morgan fingerprint density at radius 2 is 1.89 bits per heavy atom. The summed E-state index contributed by atoms with van der Waals surface area (Å²) in [7, 11) is 0. The summed E-state index contributed by atoms with van der Waals surface area (Å²) in [5, 5.41) is 0.779. The Morgan fingerprint density at radius 3 is 2.56 bits per heavy atom. The summed E-state index contributed by atoms with van der Waals surface area (Å²) in [6, 6.07) is 5.28. The molecule has 2 saturated heterocycles. The van der Waals surface area contributed by atoms with Crippen molar-refractivity contribution in [1.29, 1.82) is 0 Å². The molecule has 5 nitrogen and oxygen atoms in total. The van der Waals surface area contributed by atoms with Gasteiger partial charge in [0.05, 0.1) is 27.9 Å². The van der Waals surface area contributed by atoms with E-state index in [0.717, 1.165) is 51.4 Å². The first-order valence-electron chi connectivity index (χ1n) is 9.29. The van der Waals surface area contributed by atoms with Crippen LogP contribution >= 0.6 is 23.2 Å². The number of piperidine rings is 1. The molecule has 0 bridgehead atoms. The van der Waals surface area contributed by atoms with E-state index in [0.29, 0.717) is 32.5 Å². The number of anilines is 1. The fourth-order valence-electron chi connectivity index (χ4n) is 4.19. The molecule has 2 aromatic rings. The molecule has 4 rings (SSSR count). The van der Waals surface area contributed by atoms with Gasteiger partial charge in [-0.3, -0.25) is 9.36 Å². The SMILES string of the molecule is Cc1c(N2CCC3(CCOC3)CC2)nc(C)n(-c2cccc(Cl)c2Cl)c1=O. The van der Waals surface area contributed by atoms with Gasteiger partial charge in [-0.05, 0) is 50.7 Å². The summed E-state index contributed by atoms with van der Waals surface area (Å²) in [5.41, 5.74) is 1.42. The van der Waals surface area contributed by atoms with Crippen LogP contribution in [-0.4, -0.2) is 35.9 Å². The van der Waals surface area contributed by atoms with Crippen LogP contribution in [0.15, 0.2) is 23.0 Å². The number of aryl methyl sites for hydroxylation is 1. The van der Waals surface area contributed by atoms with Gasteiger partial charge in [-0.1, -0.05) is 29.3 Å². The Balaban J connectivity index is 1.69. The topological polar surface area (TPSA) is 47.4 Å². The first kappa shape index (κ1) is 18.8. The molecule has 1 aromatic carbocycles. The lowest BCUT2D eigenvalue weighted by molar-refractivity contribution is 0.133. The van der Waals surface area contributed by atoms with Gasteiger partial charge in [-0.2, -0.15) is 0 Å². The van der Waals surface area contributed by atoms with E-state index in [2.05, 4.69) is 4.90 Å².